The van der Waals surface area contributed by atoms with Crippen LogP contribution in [0.2, 0.25) is 0 Å². The second-order valence-corrected chi connectivity index (χ2v) is 4.96. The van der Waals surface area contributed by atoms with E-state index in [4.69, 9.17) is 0 Å². The molecule has 0 saturated heterocycles. The number of nitrogens with zero attached hydrogens (tertiary/aromatic N) is 1. The predicted molar refractivity (Wildman–Crippen MR) is 65.1 cm³/mol. The summed E-state index contributed by atoms with van der Waals surface area (Å²) in [6, 6.07) is 3.99. The maximum atomic E-state index is 10.3. The minimum absolute atomic E-state index is 0.362. The van der Waals surface area contributed by atoms with E-state index < -0.39 is 0 Å². The zero-order valence-electron chi connectivity index (χ0n) is 10.0. The van der Waals surface area contributed by atoms with Gasteiger partial charge in [0.25, 0.3) is 0 Å². The minimum Gasteiger partial charge on any atom is -0.387 e. The Morgan fingerprint density at radius 2 is 1.88 bits per heavy atom. The number of rotatable bonds is 2. The van der Waals surface area contributed by atoms with Crippen molar-refractivity contribution in [3.05, 3.63) is 29.6 Å². The van der Waals surface area contributed by atoms with E-state index in [9.17, 15) is 5.11 Å². The normalized spacial score (nSPS) is 20.4. The largest absolute Gasteiger partial charge is 0.387 e. The summed E-state index contributed by atoms with van der Waals surface area (Å²) >= 11 is 0. The molecule has 2 rings (SSSR count). The van der Waals surface area contributed by atoms with Crippen LogP contribution in [0.15, 0.2) is 18.3 Å². The van der Waals surface area contributed by atoms with Gasteiger partial charge in [0.2, 0.25) is 0 Å². The third-order valence-corrected chi connectivity index (χ3v) is 3.58. The number of aliphatic hydroxyl groups excluding tert-OH is 1. The van der Waals surface area contributed by atoms with E-state index in [1.165, 1.54) is 25.7 Å². The number of hydrogen-bond donors (Lipinski definition) is 1. The van der Waals surface area contributed by atoms with Crippen molar-refractivity contribution in [2.45, 2.75) is 51.6 Å². The molecule has 1 aromatic rings. The molecule has 0 spiro atoms. The third kappa shape index (κ3) is 2.82. The number of pyridine rings is 1. The maximum Gasteiger partial charge on any atom is 0.0987 e. The molecule has 16 heavy (non-hydrogen) atoms. The second kappa shape index (κ2) is 5.44. The molecule has 0 aliphatic heterocycles. The standard InChI is InChI=1S/C14H21NO/c1-11-8-9-13(15-10-11)14(16)12-6-4-2-3-5-7-12/h8-10,12,14,16H,2-7H2,1H3. The first-order valence-electron chi connectivity index (χ1n) is 6.38. The fourth-order valence-electron chi connectivity index (χ4n) is 2.52. The van der Waals surface area contributed by atoms with Crippen LogP contribution in [-0.2, 0) is 0 Å². The lowest BCUT2D eigenvalue weighted by molar-refractivity contribution is 0.0948. The second-order valence-electron chi connectivity index (χ2n) is 4.96. The van der Waals surface area contributed by atoms with Crippen molar-refractivity contribution >= 4 is 0 Å². The Balaban J connectivity index is 2.04. The first-order chi connectivity index (χ1) is 7.77. The third-order valence-electron chi connectivity index (χ3n) is 3.58. The van der Waals surface area contributed by atoms with Gasteiger partial charge in [0.05, 0.1) is 11.8 Å². The lowest BCUT2D eigenvalue weighted by atomic mass is 9.92. The predicted octanol–water partition coefficient (Wildman–Crippen LogP) is 3.39. The number of aliphatic hydroxyl groups is 1. The summed E-state index contributed by atoms with van der Waals surface area (Å²) in [4.78, 5) is 4.33. The molecule has 1 saturated carbocycles. The average Bonchev–Trinajstić information content (AvgIpc) is 2.57. The van der Waals surface area contributed by atoms with Crippen molar-refractivity contribution in [3.8, 4) is 0 Å². The summed E-state index contributed by atoms with van der Waals surface area (Å²) in [7, 11) is 0. The lowest BCUT2D eigenvalue weighted by Gasteiger charge is -2.20. The molecule has 2 nitrogen and oxygen atoms in total. The van der Waals surface area contributed by atoms with Crippen molar-refractivity contribution in [1.82, 2.24) is 4.98 Å². The fourth-order valence-corrected chi connectivity index (χ4v) is 2.52. The van der Waals surface area contributed by atoms with Crippen molar-refractivity contribution in [2.75, 3.05) is 0 Å². The van der Waals surface area contributed by atoms with Crippen molar-refractivity contribution in [3.63, 3.8) is 0 Å². The van der Waals surface area contributed by atoms with Crippen LogP contribution < -0.4 is 0 Å². The van der Waals surface area contributed by atoms with Crippen molar-refractivity contribution in [1.29, 1.82) is 0 Å². The van der Waals surface area contributed by atoms with Gasteiger partial charge in [-0.15, -0.1) is 0 Å². The molecule has 1 unspecified atom stereocenters. The first-order valence-corrected chi connectivity index (χ1v) is 6.38. The van der Waals surface area contributed by atoms with Crippen LogP contribution in [0.25, 0.3) is 0 Å². The van der Waals surface area contributed by atoms with E-state index in [-0.39, 0.29) is 6.10 Å². The van der Waals surface area contributed by atoms with Gasteiger partial charge >= 0.3 is 0 Å². The monoisotopic (exact) mass is 219 g/mol. The summed E-state index contributed by atoms with van der Waals surface area (Å²) in [5.74, 6) is 0.415. The molecule has 0 radical (unpaired) electrons. The van der Waals surface area contributed by atoms with Gasteiger partial charge < -0.3 is 5.11 Å². The van der Waals surface area contributed by atoms with Crippen LogP contribution in [0.1, 0.15) is 55.9 Å². The summed E-state index contributed by atoms with van der Waals surface area (Å²) in [6.45, 7) is 2.02. The van der Waals surface area contributed by atoms with Gasteiger partial charge in [-0.2, -0.15) is 0 Å². The molecule has 1 fully saturated rings. The van der Waals surface area contributed by atoms with Crippen molar-refractivity contribution in [2.24, 2.45) is 5.92 Å². The SMILES string of the molecule is Cc1ccc(C(O)C2CCCCCC2)nc1. The molecule has 0 aromatic carbocycles. The Morgan fingerprint density at radius 3 is 2.44 bits per heavy atom. The van der Waals surface area contributed by atoms with Crippen LogP contribution in [0.3, 0.4) is 0 Å². The van der Waals surface area contributed by atoms with Gasteiger partial charge in [0.15, 0.2) is 0 Å². The molecule has 1 N–H and O–H groups in total. The molecule has 0 bridgehead atoms. The highest BCUT2D eigenvalue weighted by Crippen LogP contribution is 2.32. The number of aryl methyl sites for hydroxylation is 1. The molecule has 2 heteroatoms. The zero-order valence-corrected chi connectivity index (χ0v) is 10.0. The van der Waals surface area contributed by atoms with Gasteiger partial charge in [-0.05, 0) is 37.3 Å². The van der Waals surface area contributed by atoms with E-state index in [2.05, 4.69) is 4.98 Å². The summed E-state index contributed by atoms with van der Waals surface area (Å²) < 4.78 is 0. The Labute approximate surface area is 97.7 Å². The Kier molecular flexibility index (Phi) is 3.94. The van der Waals surface area contributed by atoms with Gasteiger partial charge in [-0.25, -0.2) is 0 Å². The average molecular weight is 219 g/mol. The highest BCUT2D eigenvalue weighted by Gasteiger charge is 2.22. The molecule has 1 aromatic heterocycles. The Morgan fingerprint density at radius 1 is 1.19 bits per heavy atom. The lowest BCUT2D eigenvalue weighted by Crippen LogP contribution is -2.13. The number of aromatic nitrogens is 1. The molecule has 88 valence electrons. The summed E-state index contributed by atoms with van der Waals surface area (Å²) in [6.07, 6.45) is 8.94. The molecule has 1 aliphatic rings. The van der Waals surface area contributed by atoms with Crippen LogP contribution in [0, 0.1) is 12.8 Å². The zero-order chi connectivity index (χ0) is 11.4. The van der Waals surface area contributed by atoms with Crippen LogP contribution in [-0.4, -0.2) is 10.1 Å². The quantitative estimate of drug-likeness (QED) is 0.773. The van der Waals surface area contributed by atoms with E-state index in [1.54, 1.807) is 0 Å². The van der Waals surface area contributed by atoms with Gasteiger partial charge in [-0.1, -0.05) is 31.7 Å². The maximum absolute atomic E-state index is 10.3. The van der Waals surface area contributed by atoms with Crippen LogP contribution in [0.4, 0.5) is 0 Å². The van der Waals surface area contributed by atoms with Gasteiger partial charge in [-0.3, -0.25) is 4.98 Å². The minimum atomic E-state index is -0.362. The van der Waals surface area contributed by atoms with Crippen molar-refractivity contribution < 1.29 is 5.11 Å². The van der Waals surface area contributed by atoms with E-state index >= 15 is 0 Å². The molecular weight excluding hydrogens is 198 g/mol. The Bertz CT molecular complexity index is 312. The topological polar surface area (TPSA) is 33.1 Å². The Hall–Kier alpha value is -0.890. The molecule has 0 amide bonds. The molecule has 1 aliphatic carbocycles. The number of hydrogen-bond acceptors (Lipinski definition) is 2. The summed E-state index contributed by atoms with van der Waals surface area (Å²) in [5, 5.41) is 10.3. The highest BCUT2D eigenvalue weighted by atomic mass is 16.3. The van der Waals surface area contributed by atoms with Crippen LogP contribution in [0.5, 0.6) is 0 Å². The smallest absolute Gasteiger partial charge is 0.0987 e. The van der Waals surface area contributed by atoms with E-state index in [1.807, 2.05) is 25.3 Å². The first kappa shape index (κ1) is 11.6. The van der Waals surface area contributed by atoms with Gasteiger partial charge in [0.1, 0.15) is 0 Å². The summed E-state index contributed by atoms with van der Waals surface area (Å²) in [5.41, 5.74) is 1.99. The molecule has 1 atom stereocenters. The van der Waals surface area contributed by atoms with E-state index in [0.29, 0.717) is 5.92 Å². The fraction of sp³-hybridized carbons (Fsp3) is 0.643. The molecule has 1 heterocycles. The van der Waals surface area contributed by atoms with Gasteiger partial charge in [0, 0.05) is 6.20 Å². The van der Waals surface area contributed by atoms with E-state index in [0.717, 1.165) is 24.1 Å². The highest BCUT2D eigenvalue weighted by molar-refractivity contribution is 5.14. The molecular formula is C14H21NO. The van der Waals surface area contributed by atoms with Crippen LogP contribution >= 0.6 is 0 Å².